The molecule has 1 fully saturated rings. The maximum Gasteiger partial charge on any atom is 0.266 e. The molecule has 1 aromatic carbocycles. The maximum atomic E-state index is 13.4. The molecule has 0 spiro atoms. The van der Waals surface area contributed by atoms with E-state index >= 15 is 0 Å². The second kappa shape index (κ2) is 7.54. The molecule has 6 heteroatoms. The van der Waals surface area contributed by atoms with Crippen molar-refractivity contribution in [3.63, 3.8) is 0 Å². The third-order valence-electron chi connectivity index (χ3n) is 4.99. The summed E-state index contributed by atoms with van der Waals surface area (Å²) in [6.45, 7) is 6.57. The zero-order valence-corrected chi connectivity index (χ0v) is 17.2. The van der Waals surface area contributed by atoms with Gasteiger partial charge in [0.2, 0.25) is 0 Å². The number of rotatable bonds is 3. The van der Waals surface area contributed by atoms with Crippen molar-refractivity contribution in [3.8, 4) is 10.6 Å². The Labute approximate surface area is 167 Å². The molecule has 3 aromatic rings. The van der Waals surface area contributed by atoms with Gasteiger partial charge in [-0.2, -0.15) is 11.3 Å². The predicted molar refractivity (Wildman–Crippen MR) is 110 cm³/mol. The lowest BCUT2D eigenvalue weighted by molar-refractivity contribution is -0.0805. The lowest BCUT2D eigenvalue weighted by atomic mass is 9.98. The number of aromatic nitrogens is 1. The molecule has 1 aliphatic heterocycles. The van der Waals surface area contributed by atoms with E-state index in [-0.39, 0.29) is 24.1 Å². The Morgan fingerprint density at radius 1 is 1.22 bits per heavy atom. The Bertz CT molecular complexity index is 921. The van der Waals surface area contributed by atoms with Gasteiger partial charge in [-0.1, -0.05) is 30.3 Å². The van der Waals surface area contributed by atoms with Crippen LogP contribution in [0.2, 0.25) is 0 Å². The Balaban J connectivity index is 1.64. The average Bonchev–Trinajstić information content (AvgIpc) is 3.32. The smallest absolute Gasteiger partial charge is 0.266 e. The number of nitrogens with zero attached hydrogens (tertiary/aromatic N) is 2. The first-order valence-electron chi connectivity index (χ1n) is 9.05. The molecule has 2 aromatic heterocycles. The summed E-state index contributed by atoms with van der Waals surface area (Å²) in [4.78, 5) is 20.8. The molecule has 0 bridgehead atoms. The highest BCUT2D eigenvalue weighted by Gasteiger charge is 2.38. The van der Waals surface area contributed by atoms with Gasteiger partial charge in [-0.05, 0) is 37.8 Å². The number of thiazole rings is 1. The molecular formula is C21H22N2O2S2. The highest BCUT2D eigenvalue weighted by atomic mass is 32.1. The van der Waals surface area contributed by atoms with E-state index in [0.717, 1.165) is 26.7 Å². The van der Waals surface area contributed by atoms with Crippen molar-refractivity contribution in [2.24, 2.45) is 0 Å². The second-order valence-corrected chi connectivity index (χ2v) is 8.69. The fourth-order valence-electron chi connectivity index (χ4n) is 3.63. The van der Waals surface area contributed by atoms with Crippen molar-refractivity contribution in [2.45, 2.75) is 39.0 Å². The van der Waals surface area contributed by atoms with Crippen LogP contribution in [-0.2, 0) is 4.74 Å². The minimum absolute atomic E-state index is 0.0264. The van der Waals surface area contributed by atoms with Gasteiger partial charge in [0.05, 0.1) is 24.4 Å². The minimum atomic E-state index is -0.115. The van der Waals surface area contributed by atoms with Crippen LogP contribution >= 0.6 is 22.7 Å². The number of hydrogen-bond donors (Lipinski definition) is 0. The Morgan fingerprint density at radius 2 is 2.00 bits per heavy atom. The molecule has 4 rings (SSSR count). The van der Waals surface area contributed by atoms with E-state index in [1.807, 2.05) is 48.4 Å². The van der Waals surface area contributed by atoms with Crippen LogP contribution in [0.3, 0.4) is 0 Å². The van der Waals surface area contributed by atoms with Crippen molar-refractivity contribution in [3.05, 3.63) is 63.3 Å². The number of ether oxygens (including phenoxy) is 1. The third-order valence-corrected chi connectivity index (χ3v) is 6.87. The Kier molecular flexibility index (Phi) is 5.12. The largest absolute Gasteiger partial charge is 0.369 e. The van der Waals surface area contributed by atoms with Crippen molar-refractivity contribution in [1.29, 1.82) is 0 Å². The van der Waals surface area contributed by atoms with E-state index in [0.29, 0.717) is 6.61 Å². The van der Waals surface area contributed by atoms with E-state index in [2.05, 4.69) is 29.4 Å². The monoisotopic (exact) mass is 398 g/mol. The van der Waals surface area contributed by atoms with Gasteiger partial charge in [0.1, 0.15) is 16.0 Å². The van der Waals surface area contributed by atoms with E-state index in [1.54, 1.807) is 11.3 Å². The molecule has 0 radical (unpaired) electrons. The van der Waals surface area contributed by atoms with Crippen molar-refractivity contribution in [2.75, 3.05) is 6.61 Å². The number of carbonyl (C=O) groups excluding carboxylic acids is 1. The molecule has 4 nitrogen and oxygen atoms in total. The van der Waals surface area contributed by atoms with Crippen molar-refractivity contribution < 1.29 is 9.53 Å². The molecule has 3 unspecified atom stereocenters. The van der Waals surface area contributed by atoms with Crippen LogP contribution in [0.25, 0.3) is 10.6 Å². The SMILES string of the molecule is Cc1nc(-c2ccsc2)sc1C(=O)N1C(C)COC(c2ccccc2)C1C. The number of benzene rings is 1. The normalized spacial score (nSPS) is 22.8. The lowest BCUT2D eigenvalue weighted by Gasteiger charge is -2.43. The van der Waals surface area contributed by atoms with Crippen molar-refractivity contribution in [1.82, 2.24) is 9.88 Å². The first-order valence-corrected chi connectivity index (χ1v) is 10.8. The highest BCUT2D eigenvalue weighted by Crippen LogP contribution is 2.35. The van der Waals surface area contributed by atoms with Gasteiger partial charge in [-0.15, -0.1) is 11.3 Å². The number of thiophene rings is 1. The van der Waals surface area contributed by atoms with Crippen LogP contribution in [0.4, 0.5) is 0 Å². The standard InChI is InChI=1S/C21H22N2O2S2/c1-13-11-25-18(16-7-5-4-6-8-16)15(3)23(13)21(24)19-14(2)22-20(27-19)17-9-10-26-12-17/h4-10,12-13,15,18H,11H2,1-3H3. The first kappa shape index (κ1) is 18.3. The third kappa shape index (κ3) is 3.45. The summed E-state index contributed by atoms with van der Waals surface area (Å²) in [5.41, 5.74) is 2.99. The quantitative estimate of drug-likeness (QED) is 0.611. The second-order valence-electron chi connectivity index (χ2n) is 6.91. The van der Waals surface area contributed by atoms with E-state index in [4.69, 9.17) is 4.74 Å². The predicted octanol–water partition coefficient (Wildman–Crippen LogP) is 5.17. The molecule has 1 amide bonds. The number of aryl methyl sites for hydroxylation is 1. The molecule has 0 N–H and O–H groups in total. The summed E-state index contributed by atoms with van der Waals surface area (Å²) >= 11 is 3.12. The van der Waals surface area contributed by atoms with E-state index < -0.39 is 0 Å². The maximum absolute atomic E-state index is 13.4. The molecule has 0 aliphatic carbocycles. The number of hydrogen-bond acceptors (Lipinski definition) is 5. The Hall–Kier alpha value is -2.02. The molecule has 27 heavy (non-hydrogen) atoms. The average molecular weight is 399 g/mol. The number of amides is 1. The number of morpholine rings is 1. The van der Waals surface area contributed by atoms with E-state index in [9.17, 15) is 4.79 Å². The van der Waals surface area contributed by atoms with Gasteiger partial charge in [-0.25, -0.2) is 4.98 Å². The zero-order valence-electron chi connectivity index (χ0n) is 15.6. The molecule has 3 atom stereocenters. The van der Waals surface area contributed by atoms with Gasteiger partial charge >= 0.3 is 0 Å². The van der Waals surface area contributed by atoms with Gasteiger partial charge in [-0.3, -0.25) is 4.79 Å². The molecule has 3 heterocycles. The van der Waals surface area contributed by atoms with E-state index in [1.165, 1.54) is 11.3 Å². The number of carbonyl (C=O) groups is 1. The molecule has 0 saturated carbocycles. The minimum Gasteiger partial charge on any atom is -0.369 e. The van der Waals surface area contributed by atoms with Crippen molar-refractivity contribution >= 4 is 28.6 Å². The summed E-state index contributed by atoms with van der Waals surface area (Å²) in [5, 5.41) is 5.01. The van der Waals surface area contributed by atoms with Crippen LogP contribution in [0.1, 0.15) is 40.9 Å². The Morgan fingerprint density at radius 3 is 2.70 bits per heavy atom. The van der Waals surface area contributed by atoms with Gasteiger partial charge in [0.15, 0.2) is 0 Å². The molecule has 140 valence electrons. The summed E-state index contributed by atoms with van der Waals surface area (Å²) in [6, 6.07) is 12.2. The highest BCUT2D eigenvalue weighted by molar-refractivity contribution is 7.17. The first-order chi connectivity index (χ1) is 13.1. The molecular weight excluding hydrogens is 376 g/mol. The molecule has 1 saturated heterocycles. The van der Waals surface area contributed by atoms with Crippen LogP contribution in [0.15, 0.2) is 47.2 Å². The fraction of sp³-hybridized carbons (Fsp3) is 0.333. The van der Waals surface area contributed by atoms with Gasteiger partial charge in [0, 0.05) is 10.9 Å². The topological polar surface area (TPSA) is 42.4 Å². The van der Waals surface area contributed by atoms with Crippen LogP contribution in [-0.4, -0.2) is 34.5 Å². The fourth-order valence-corrected chi connectivity index (χ4v) is 5.36. The summed E-state index contributed by atoms with van der Waals surface area (Å²) in [6.07, 6.45) is -0.115. The molecule has 1 aliphatic rings. The zero-order chi connectivity index (χ0) is 19.0. The van der Waals surface area contributed by atoms with Crippen LogP contribution in [0.5, 0.6) is 0 Å². The van der Waals surface area contributed by atoms with Gasteiger partial charge in [0.25, 0.3) is 5.91 Å². The summed E-state index contributed by atoms with van der Waals surface area (Å²) in [5.74, 6) is 0.0516. The summed E-state index contributed by atoms with van der Waals surface area (Å²) < 4.78 is 6.09. The van der Waals surface area contributed by atoms with Gasteiger partial charge < -0.3 is 9.64 Å². The van der Waals surface area contributed by atoms with Crippen LogP contribution < -0.4 is 0 Å². The summed E-state index contributed by atoms with van der Waals surface area (Å²) in [7, 11) is 0. The lowest BCUT2D eigenvalue weighted by Crippen LogP contribution is -2.53. The van der Waals surface area contributed by atoms with Crippen LogP contribution in [0, 0.1) is 6.92 Å².